The van der Waals surface area contributed by atoms with Crippen molar-refractivity contribution in [2.24, 2.45) is 10.8 Å². The van der Waals surface area contributed by atoms with Crippen LogP contribution in [0.2, 0.25) is 0 Å². The third-order valence-electron chi connectivity index (χ3n) is 2.32. The van der Waals surface area contributed by atoms with E-state index >= 15 is 0 Å². The van der Waals surface area contributed by atoms with Crippen LogP contribution in [0.1, 0.15) is 0 Å². The van der Waals surface area contributed by atoms with Crippen LogP contribution in [0.3, 0.4) is 0 Å². The lowest BCUT2D eigenvalue weighted by molar-refractivity contribution is 0.630. The largest absolute Gasteiger partial charge is 0.382 e. The summed E-state index contributed by atoms with van der Waals surface area (Å²) in [5.41, 5.74) is 7.80. The van der Waals surface area contributed by atoms with Crippen LogP contribution in [-0.4, -0.2) is 26.3 Å². The molecule has 0 spiro atoms. The highest BCUT2D eigenvalue weighted by molar-refractivity contribution is 6.45. The topological polar surface area (TPSA) is 129 Å². The highest BCUT2D eigenvalue weighted by atomic mass is 19.1. The molecule has 1 aromatic carbocycles. The summed E-state index contributed by atoms with van der Waals surface area (Å²) < 4.78 is 15.2. The van der Waals surface area contributed by atoms with Gasteiger partial charge in [-0.3, -0.25) is 15.4 Å². The predicted octanol–water partition coefficient (Wildman–Crippen LogP) is 0.634. The first-order chi connectivity index (χ1) is 9.61. The van der Waals surface area contributed by atoms with Crippen molar-refractivity contribution >= 4 is 17.2 Å². The van der Waals surface area contributed by atoms with E-state index < -0.39 is 11.7 Å². The summed E-state index contributed by atoms with van der Waals surface area (Å²) in [4.78, 5) is 0. The van der Waals surface area contributed by atoms with Crippen molar-refractivity contribution in [1.82, 2.24) is 14.8 Å². The molecule has 0 aliphatic rings. The van der Waals surface area contributed by atoms with Crippen molar-refractivity contribution in [2.75, 3.05) is 5.43 Å². The van der Waals surface area contributed by atoms with Crippen LogP contribution < -0.4 is 11.2 Å². The van der Waals surface area contributed by atoms with Crippen LogP contribution >= 0.6 is 0 Å². The molecule has 1 aromatic heterocycles. The molecule has 0 aliphatic carbocycles. The summed E-state index contributed by atoms with van der Waals surface area (Å²) in [5.74, 6) is -1.07. The van der Waals surface area contributed by atoms with Crippen molar-refractivity contribution in [3.8, 4) is 11.8 Å². The minimum absolute atomic E-state index is 0.0326. The average Bonchev–Trinajstić information content (AvgIpc) is 2.95. The third kappa shape index (κ3) is 2.75. The first-order valence-electron chi connectivity index (χ1n) is 5.34. The number of hydrogen-bond acceptors (Lipinski definition) is 6. The summed E-state index contributed by atoms with van der Waals surface area (Å²) in [7, 11) is 0. The maximum atomic E-state index is 13.6. The molecule has 0 amide bonds. The maximum absolute atomic E-state index is 13.6. The quantitative estimate of drug-likeness (QED) is 0.427. The smallest absolute Gasteiger partial charge is 0.201 e. The standard InChI is InChI=1S/C11H9FN8/c12-8-2-1-7(20-5-16-17-6-20)3-9(8)18-19-10(4-13)11(14)15/h1-3,5-6,18H,(H3,14,15)/b19-10+. The highest BCUT2D eigenvalue weighted by Crippen LogP contribution is 2.18. The number of rotatable bonds is 4. The van der Waals surface area contributed by atoms with Crippen LogP contribution in [-0.2, 0) is 0 Å². The molecule has 0 saturated carbocycles. The van der Waals surface area contributed by atoms with Crippen molar-refractivity contribution < 1.29 is 4.39 Å². The number of aromatic nitrogens is 3. The minimum atomic E-state index is -0.564. The van der Waals surface area contributed by atoms with Gasteiger partial charge in [-0.2, -0.15) is 10.4 Å². The van der Waals surface area contributed by atoms with E-state index in [1.54, 1.807) is 10.6 Å². The van der Waals surface area contributed by atoms with E-state index in [1.165, 1.54) is 30.9 Å². The molecule has 8 nitrogen and oxygen atoms in total. The van der Waals surface area contributed by atoms with E-state index in [0.717, 1.165) is 0 Å². The molecule has 100 valence electrons. The maximum Gasteiger partial charge on any atom is 0.201 e. The number of anilines is 1. The molecule has 2 rings (SSSR count). The Morgan fingerprint density at radius 3 is 2.75 bits per heavy atom. The third-order valence-corrected chi connectivity index (χ3v) is 2.32. The van der Waals surface area contributed by atoms with E-state index in [1.807, 2.05) is 0 Å². The number of halogens is 1. The van der Waals surface area contributed by atoms with Crippen LogP contribution in [0.25, 0.3) is 5.69 Å². The molecule has 2 aromatic rings. The summed E-state index contributed by atoms with van der Waals surface area (Å²) >= 11 is 0. The molecule has 20 heavy (non-hydrogen) atoms. The van der Waals surface area contributed by atoms with Gasteiger partial charge in [-0.15, -0.1) is 10.2 Å². The molecule has 0 unspecified atom stereocenters. The van der Waals surface area contributed by atoms with Gasteiger partial charge >= 0.3 is 0 Å². The molecule has 4 N–H and O–H groups in total. The van der Waals surface area contributed by atoms with Gasteiger partial charge in [0.25, 0.3) is 0 Å². The second-order valence-electron chi connectivity index (χ2n) is 3.63. The Morgan fingerprint density at radius 2 is 2.15 bits per heavy atom. The molecule has 0 fully saturated rings. The van der Waals surface area contributed by atoms with Crippen molar-refractivity contribution in [3.05, 3.63) is 36.7 Å². The van der Waals surface area contributed by atoms with Gasteiger partial charge in [-0.1, -0.05) is 0 Å². The molecule has 0 saturated heterocycles. The number of hydrazone groups is 1. The first-order valence-corrected chi connectivity index (χ1v) is 5.34. The molecule has 1 heterocycles. The second-order valence-corrected chi connectivity index (χ2v) is 3.63. The van der Waals surface area contributed by atoms with E-state index in [-0.39, 0.29) is 11.4 Å². The first kappa shape index (κ1) is 13.2. The lowest BCUT2D eigenvalue weighted by atomic mass is 10.2. The van der Waals surface area contributed by atoms with E-state index in [4.69, 9.17) is 16.4 Å². The Morgan fingerprint density at radius 1 is 1.45 bits per heavy atom. The highest BCUT2D eigenvalue weighted by Gasteiger charge is 2.06. The number of nitriles is 1. The van der Waals surface area contributed by atoms with Gasteiger partial charge in [0, 0.05) is 0 Å². The van der Waals surface area contributed by atoms with Gasteiger partial charge in [0.2, 0.25) is 5.71 Å². The van der Waals surface area contributed by atoms with E-state index in [2.05, 4.69) is 20.7 Å². The van der Waals surface area contributed by atoms with Crippen molar-refractivity contribution in [1.29, 1.82) is 10.7 Å². The lowest BCUT2D eigenvalue weighted by Gasteiger charge is -2.06. The van der Waals surface area contributed by atoms with Gasteiger partial charge in [0.15, 0.2) is 5.84 Å². The Bertz CT molecular complexity index is 698. The van der Waals surface area contributed by atoms with Crippen LogP contribution in [0, 0.1) is 22.6 Å². The lowest BCUT2D eigenvalue weighted by Crippen LogP contribution is -2.22. The number of hydrogen-bond donors (Lipinski definition) is 3. The van der Waals surface area contributed by atoms with Gasteiger partial charge < -0.3 is 5.73 Å². The van der Waals surface area contributed by atoms with Crippen molar-refractivity contribution in [2.45, 2.75) is 0 Å². The minimum Gasteiger partial charge on any atom is -0.382 e. The zero-order chi connectivity index (χ0) is 14.5. The molecule has 0 atom stereocenters. The number of nitrogens with two attached hydrogens (primary N) is 1. The SMILES string of the molecule is N#C/C(=N\Nc1cc(-n2cnnc2)ccc1F)C(=N)N. The summed E-state index contributed by atoms with van der Waals surface area (Å²) in [5, 5.41) is 26.7. The van der Waals surface area contributed by atoms with Gasteiger partial charge in [-0.25, -0.2) is 4.39 Å². The van der Waals surface area contributed by atoms with Crippen LogP contribution in [0.15, 0.2) is 36.0 Å². The van der Waals surface area contributed by atoms with E-state index in [9.17, 15) is 4.39 Å². The predicted molar refractivity (Wildman–Crippen MR) is 69.9 cm³/mol. The van der Waals surface area contributed by atoms with E-state index in [0.29, 0.717) is 5.69 Å². The Balaban J connectivity index is 2.31. The molecule has 9 heteroatoms. The van der Waals surface area contributed by atoms with Gasteiger partial charge in [-0.05, 0) is 18.2 Å². The molecule has 0 aliphatic heterocycles. The molecule has 0 bridgehead atoms. The summed E-state index contributed by atoms with van der Waals surface area (Å²) in [6.45, 7) is 0. The summed E-state index contributed by atoms with van der Waals surface area (Å²) in [6.07, 6.45) is 2.91. The number of nitrogens with one attached hydrogen (secondary N) is 2. The number of amidine groups is 1. The Kier molecular flexibility index (Phi) is 3.67. The fraction of sp³-hybridized carbons (Fsp3) is 0. The average molecular weight is 272 g/mol. The number of nitrogens with zero attached hydrogens (tertiary/aromatic N) is 5. The monoisotopic (exact) mass is 272 g/mol. The number of benzene rings is 1. The van der Waals surface area contributed by atoms with Gasteiger partial charge in [0.05, 0.1) is 11.4 Å². The zero-order valence-electron chi connectivity index (χ0n) is 10.1. The molecular formula is C11H9FN8. The fourth-order valence-electron chi connectivity index (χ4n) is 1.36. The van der Waals surface area contributed by atoms with Crippen molar-refractivity contribution in [3.63, 3.8) is 0 Å². The fourth-order valence-corrected chi connectivity index (χ4v) is 1.36. The van der Waals surface area contributed by atoms with Crippen LogP contribution in [0.5, 0.6) is 0 Å². The zero-order valence-corrected chi connectivity index (χ0v) is 10.1. The normalized spacial score (nSPS) is 10.9. The Hall–Kier alpha value is -3.28. The molecule has 0 radical (unpaired) electrons. The molecular weight excluding hydrogens is 263 g/mol. The Labute approximate surface area is 112 Å². The second kappa shape index (κ2) is 5.57. The van der Waals surface area contributed by atoms with Crippen LogP contribution in [0.4, 0.5) is 10.1 Å². The van der Waals surface area contributed by atoms with Gasteiger partial charge in [0.1, 0.15) is 24.5 Å². The summed E-state index contributed by atoms with van der Waals surface area (Å²) in [6, 6.07) is 5.84.